The van der Waals surface area contributed by atoms with Gasteiger partial charge >= 0.3 is 0 Å². The standard InChI is InChI=1S/C18H28N2O/c1-3-4-12-20(14-17-6-5-11-19-17)18(21)13-16-9-7-15(2)8-10-16/h7-10,17,19H,3-6,11-14H2,1-2H3. The van der Waals surface area contributed by atoms with Crippen molar-refractivity contribution < 1.29 is 4.79 Å². The highest BCUT2D eigenvalue weighted by Gasteiger charge is 2.21. The second-order valence-corrected chi connectivity index (χ2v) is 6.15. The van der Waals surface area contributed by atoms with Gasteiger partial charge in [0.1, 0.15) is 0 Å². The zero-order valence-electron chi connectivity index (χ0n) is 13.4. The van der Waals surface area contributed by atoms with Crippen molar-refractivity contribution in [2.45, 2.75) is 52.0 Å². The number of amides is 1. The Labute approximate surface area is 128 Å². The van der Waals surface area contributed by atoms with E-state index in [1.165, 1.54) is 18.4 Å². The molecule has 1 fully saturated rings. The molecule has 1 unspecified atom stereocenters. The molecule has 0 aliphatic carbocycles. The Kier molecular flexibility index (Phi) is 6.24. The summed E-state index contributed by atoms with van der Waals surface area (Å²) in [6, 6.07) is 8.79. The second-order valence-electron chi connectivity index (χ2n) is 6.15. The van der Waals surface area contributed by atoms with Crippen molar-refractivity contribution in [1.82, 2.24) is 10.2 Å². The maximum atomic E-state index is 12.6. The van der Waals surface area contributed by atoms with Gasteiger partial charge in [0.15, 0.2) is 0 Å². The summed E-state index contributed by atoms with van der Waals surface area (Å²) < 4.78 is 0. The molecule has 1 aromatic carbocycles. The van der Waals surface area contributed by atoms with Crippen molar-refractivity contribution in [3.05, 3.63) is 35.4 Å². The van der Waals surface area contributed by atoms with Crippen LogP contribution in [0.15, 0.2) is 24.3 Å². The molecule has 0 aromatic heterocycles. The number of carbonyl (C=O) groups excluding carboxylic acids is 1. The van der Waals surface area contributed by atoms with Gasteiger partial charge in [-0.1, -0.05) is 43.2 Å². The van der Waals surface area contributed by atoms with Crippen molar-refractivity contribution in [3.8, 4) is 0 Å². The third kappa shape index (κ3) is 5.16. The summed E-state index contributed by atoms with van der Waals surface area (Å²) >= 11 is 0. The minimum atomic E-state index is 0.265. The molecule has 1 saturated heterocycles. The van der Waals surface area contributed by atoms with Gasteiger partial charge in [-0.15, -0.1) is 0 Å². The van der Waals surface area contributed by atoms with E-state index in [0.29, 0.717) is 12.5 Å². The van der Waals surface area contributed by atoms with Crippen LogP contribution in [0, 0.1) is 6.92 Å². The number of hydrogen-bond acceptors (Lipinski definition) is 2. The Morgan fingerprint density at radius 1 is 1.33 bits per heavy atom. The molecule has 1 heterocycles. The van der Waals surface area contributed by atoms with Crippen LogP contribution in [-0.4, -0.2) is 36.5 Å². The average Bonchev–Trinajstić information content (AvgIpc) is 2.98. The highest BCUT2D eigenvalue weighted by Crippen LogP contribution is 2.11. The topological polar surface area (TPSA) is 32.3 Å². The van der Waals surface area contributed by atoms with Crippen molar-refractivity contribution in [2.24, 2.45) is 0 Å². The molecule has 0 radical (unpaired) electrons. The maximum Gasteiger partial charge on any atom is 0.227 e. The van der Waals surface area contributed by atoms with E-state index in [4.69, 9.17) is 0 Å². The summed E-state index contributed by atoms with van der Waals surface area (Å²) in [5.41, 5.74) is 2.36. The van der Waals surface area contributed by atoms with Gasteiger partial charge in [0.2, 0.25) is 5.91 Å². The summed E-state index contributed by atoms with van der Waals surface area (Å²) in [5.74, 6) is 0.265. The molecule has 1 atom stereocenters. The average molecular weight is 288 g/mol. The Bertz CT molecular complexity index is 435. The first-order valence-corrected chi connectivity index (χ1v) is 8.25. The number of aryl methyl sites for hydroxylation is 1. The minimum absolute atomic E-state index is 0.265. The van der Waals surface area contributed by atoms with Gasteiger partial charge in [0.05, 0.1) is 6.42 Å². The summed E-state index contributed by atoms with van der Waals surface area (Å²) in [6.45, 7) is 7.10. The van der Waals surface area contributed by atoms with E-state index in [1.54, 1.807) is 0 Å². The largest absolute Gasteiger partial charge is 0.341 e. The SMILES string of the molecule is CCCCN(CC1CCCN1)C(=O)Cc1ccc(C)cc1. The van der Waals surface area contributed by atoms with Crippen LogP contribution in [0.2, 0.25) is 0 Å². The lowest BCUT2D eigenvalue weighted by Crippen LogP contribution is -2.42. The lowest BCUT2D eigenvalue weighted by Gasteiger charge is -2.26. The van der Waals surface area contributed by atoms with Gasteiger partial charge in [-0.3, -0.25) is 4.79 Å². The lowest BCUT2D eigenvalue weighted by atomic mass is 10.1. The number of hydrogen-bond donors (Lipinski definition) is 1. The Morgan fingerprint density at radius 3 is 2.71 bits per heavy atom. The zero-order valence-corrected chi connectivity index (χ0v) is 13.4. The van der Waals surface area contributed by atoms with Crippen LogP contribution in [0.1, 0.15) is 43.7 Å². The maximum absolute atomic E-state index is 12.6. The fourth-order valence-corrected chi connectivity index (χ4v) is 2.84. The van der Waals surface area contributed by atoms with Crippen LogP contribution in [0.3, 0.4) is 0 Å². The molecule has 116 valence electrons. The van der Waals surface area contributed by atoms with Crippen molar-refractivity contribution >= 4 is 5.91 Å². The zero-order chi connectivity index (χ0) is 15.1. The monoisotopic (exact) mass is 288 g/mol. The molecule has 0 saturated carbocycles. The molecule has 3 heteroatoms. The Balaban J connectivity index is 1.93. The fraction of sp³-hybridized carbons (Fsp3) is 0.611. The van der Waals surface area contributed by atoms with Crippen LogP contribution in [0.4, 0.5) is 0 Å². The Morgan fingerprint density at radius 2 is 2.10 bits per heavy atom. The van der Waals surface area contributed by atoms with E-state index in [-0.39, 0.29) is 5.91 Å². The van der Waals surface area contributed by atoms with Crippen molar-refractivity contribution in [1.29, 1.82) is 0 Å². The molecule has 21 heavy (non-hydrogen) atoms. The first-order valence-electron chi connectivity index (χ1n) is 8.25. The molecule has 1 aromatic rings. The molecule has 3 nitrogen and oxygen atoms in total. The van der Waals surface area contributed by atoms with E-state index < -0.39 is 0 Å². The first kappa shape index (κ1) is 16.0. The highest BCUT2D eigenvalue weighted by atomic mass is 16.2. The lowest BCUT2D eigenvalue weighted by molar-refractivity contribution is -0.130. The second kappa shape index (κ2) is 8.18. The third-order valence-electron chi connectivity index (χ3n) is 4.21. The molecule has 1 aliphatic heterocycles. The molecular weight excluding hydrogens is 260 g/mol. The fourth-order valence-electron chi connectivity index (χ4n) is 2.84. The predicted molar refractivity (Wildman–Crippen MR) is 87.4 cm³/mol. The summed E-state index contributed by atoms with van der Waals surface area (Å²) in [6.07, 6.45) is 5.17. The van der Waals surface area contributed by atoms with E-state index in [0.717, 1.165) is 38.0 Å². The third-order valence-corrected chi connectivity index (χ3v) is 4.21. The van der Waals surface area contributed by atoms with E-state index in [1.807, 2.05) is 0 Å². The quantitative estimate of drug-likeness (QED) is 0.836. The van der Waals surface area contributed by atoms with Crippen LogP contribution in [0.5, 0.6) is 0 Å². The first-order chi connectivity index (χ1) is 10.2. The predicted octanol–water partition coefficient (Wildman–Crippen LogP) is 2.92. The van der Waals surface area contributed by atoms with Crippen LogP contribution < -0.4 is 5.32 Å². The van der Waals surface area contributed by atoms with Gasteiger partial charge in [-0.05, 0) is 38.3 Å². The van der Waals surface area contributed by atoms with Gasteiger partial charge in [0.25, 0.3) is 0 Å². The van der Waals surface area contributed by atoms with Gasteiger partial charge < -0.3 is 10.2 Å². The smallest absolute Gasteiger partial charge is 0.227 e. The molecule has 2 rings (SSSR count). The summed E-state index contributed by atoms with van der Waals surface area (Å²) in [4.78, 5) is 14.7. The van der Waals surface area contributed by atoms with Crippen LogP contribution >= 0.6 is 0 Å². The molecule has 0 spiro atoms. The summed E-state index contributed by atoms with van der Waals surface area (Å²) in [5, 5.41) is 3.50. The van der Waals surface area contributed by atoms with E-state index in [9.17, 15) is 4.79 Å². The number of rotatable bonds is 7. The van der Waals surface area contributed by atoms with E-state index in [2.05, 4.69) is 48.3 Å². The molecular formula is C18H28N2O. The van der Waals surface area contributed by atoms with Gasteiger partial charge in [-0.2, -0.15) is 0 Å². The Hall–Kier alpha value is -1.35. The minimum Gasteiger partial charge on any atom is -0.341 e. The summed E-state index contributed by atoms with van der Waals surface area (Å²) in [7, 11) is 0. The number of unbranched alkanes of at least 4 members (excludes halogenated alkanes) is 1. The van der Waals surface area contributed by atoms with E-state index >= 15 is 0 Å². The number of carbonyl (C=O) groups is 1. The molecule has 0 bridgehead atoms. The molecule has 1 amide bonds. The normalized spacial score (nSPS) is 17.9. The van der Waals surface area contributed by atoms with Crippen LogP contribution in [-0.2, 0) is 11.2 Å². The van der Waals surface area contributed by atoms with Gasteiger partial charge in [0, 0.05) is 19.1 Å². The van der Waals surface area contributed by atoms with Gasteiger partial charge in [-0.25, -0.2) is 0 Å². The number of nitrogens with zero attached hydrogens (tertiary/aromatic N) is 1. The van der Waals surface area contributed by atoms with Crippen LogP contribution in [0.25, 0.3) is 0 Å². The van der Waals surface area contributed by atoms with Crippen molar-refractivity contribution in [3.63, 3.8) is 0 Å². The van der Waals surface area contributed by atoms with Crippen molar-refractivity contribution in [2.75, 3.05) is 19.6 Å². The number of nitrogens with one attached hydrogen (secondary N) is 1. The molecule has 1 N–H and O–H groups in total. The molecule has 1 aliphatic rings. The highest BCUT2D eigenvalue weighted by molar-refractivity contribution is 5.78. The number of benzene rings is 1.